The molecule has 0 bridgehead atoms. The lowest BCUT2D eigenvalue weighted by Gasteiger charge is -2.11. The molecule has 0 saturated carbocycles. The van der Waals surface area contributed by atoms with Crippen LogP contribution in [0.4, 0.5) is 0 Å². The van der Waals surface area contributed by atoms with E-state index in [1.165, 1.54) is 0 Å². The number of methoxy groups -OCH3 is 1. The van der Waals surface area contributed by atoms with Crippen LogP contribution in [0.15, 0.2) is 22.7 Å². The minimum atomic E-state index is 0.225. The van der Waals surface area contributed by atoms with E-state index in [0.29, 0.717) is 18.8 Å². The summed E-state index contributed by atoms with van der Waals surface area (Å²) in [5, 5.41) is 0. The molecule has 4 heteroatoms. The van der Waals surface area contributed by atoms with Crippen LogP contribution in [0.1, 0.15) is 26.2 Å². The topological polar surface area (TPSA) is 35.5 Å². The molecular weight excluding hydrogens is 284 g/mol. The number of halogens is 1. The fourth-order valence-electron chi connectivity index (χ4n) is 1.44. The molecule has 94 valence electrons. The zero-order valence-corrected chi connectivity index (χ0v) is 11.7. The van der Waals surface area contributed by atoms with Gasteiger partial charge in [0.15, 0.2) is 11.5 Å². The summed E-state index contributed by atoms with van der Waals surface area (Å²) < 4.78 is 11.7. The van der Waals surface area contributed by atoms with Crippen LogP contribution in [0.2, 0.25) is 0 Å². The van der Waals surface area contributed by atoms with Crippen molar-refractivity contribution in [2.75, 3.05) is 13.7 Å². The number of Topliss-reactive ketones (excluding diaryl/α,β-unsaturated/α-hetero) is 1. The van der Waals surface area contributed by atoms with Crippen molar-refractivity contribution in [2.24, 2.45) is 0 Å². The van der Waals surface area contributed by atoms with Gasteiger partial charge in [-0.05, 0) is 47.8 Å². The number of rotatable bonds is 7. The van der Waals surface area contributed by atoms with Gasteiger partial charge in [0.2, 0.25) is 0 Å². The van der Waals surface area contributed by atoms with Crippen LogP contribution in [0.25, 0.3) is 0 Å². The number of ketones is 1. The largest absolute Gasteiger partial charge is 0.493 e. The molecular formula is C13H17BrO3. The Labute approximate surface area is 110 Å². The van der Waals surface area contributed by atoms with Crippen molar-refractivity contribution in [3.05, 3.63) is 22.7 Å². The second-order valence-corrected chi connectivity index (χ2v) is 4.63. The maximum Gasteiger partial charge on any atom is 0.175 e. The molecule has 0 radical (unpaired) electrons. The molecule has 0 aliphatic rings. The van der Waals surface area contributed by atoms with Gasteiger partial charge in [-0.1, -0.05) is 6.07 Å². The van der Waals surface area contributed by atoms with Gasteiger partial charge in [-0.25, -0.2) is 0 Å². The van der Waals surface area contributed by atoms with E-state index in [2.05, 4.69) is 15.9 Å². The number of ether oxygens (including phenoxy) is 2. The predicted octanol–water partition coefficient (Wildman–Crippen LogP) is 3.60. The van der Waals surface area contributed by atoms with Crippen molar-refractivity contribution >= 4 is 21.7 Å². The fraction of sp³-hybridized carbons (Fsp3) is 0.462. The van der Waals surface area contributed by atoms with Gasteiger partial charge >= 0.3 is 0 Å². The van der Waals surface area contributed by atoms with Crippen molar-refractivity contribution in [3.8, 4) is 11.5 Å². The van der Waals surface area contributed by atoms with Crippen molar-refractivity contribution in [1.82, 2.24) is 0 Å². The highest BCUT2D eigenvalue weighted by atomic mass is 79.9. The Morgan fingerprint density at radius 3 is 2.76 bits per heavy atom. The minimum Gasteiger partial charge on any atom is -0.493 e. The normalized spacial score (nSPS) is 10.1. The van der Waals surface area contributed by atoms with Crippen LogP contribution in [-0.4, -0.2) is 19.5 Å². The molecule has 0 spiro atoms. The third-order valence-electron chi connectivity index (χ3n) is 2.32. The molecule has 0 fully saturated rings. The standard InChI is InChI=1S/C13H17BrO3/c1-10(15)6-3-4-9-17-13-11(14)7-5-8-12(13)16-2/h5,7-8H,3-4,6,9H2,1-2H3. The van der Waals surface area contributed by atoms with Gasteiger partial charge in [-0.15, -0.1) is 0 Å². The average Bonchev–Trinajstić information content (AvgIpc) is 2.30. The number of carbonyl (C=O) groups excluding carboxylic acids is 1. The number of hydrogen-bond donors (Lipinski definition) is 0. The van der Waals surface area contributed by atoms with E-state index in [-0.39, 0.29) is 5.78 Å². The second-order valence-electron chi connectivity index (χ2n) is 3.78. The molecule has 3 nitrogen and oxygen atoms in total. The molecule has 0 aliphatic heterocycles. The molecule has 0 N–H and O–H groups in total. The van der Waals surface area contributed by atoms with Crippen molar-refractivity contribution in [3.63, 3.8) is 0 Å². The Morgan fingerprint density at radius 2 is 2.12 bits per heavy atom. The number of para-hydroxylation sites is 1. The molecule has 17 heavy (non-hydrogen) atoms. The molecule has 0 aromatic heterocycles. The summed E-state index contributed by atoms with van der Waals surface area (Å²) in [5.74, 6) is 1.66. The highest BCUT2D eigenvalue weighted by Gasteiger charge is 2.07. The Morgan fingerprint density at radius 1 is 1.35 bits per heavy atom. The molecule has 0 atom stereocenters. The van der Waals surface area contributed by atoms with E-state index in [1.807, 2.05) is 18.2 Å². The van der Waals surface area contributed by atoms with Crippen LogP contribution >= 0.6 is 15.9 Å². The molecule has 1 aromatic carbocycles. The highest BCUT2D eigenvalue weighted by molar-refractivity contribution is 9.10. The molecule has 0 heterocycles. The SMILES string of the molecule is COc1cccc(Br)c1OCCCCC(C)=O. The first kappa shape index (κ1) is 14.0. The van der Waals surface area contributed by atoms with Crippen LogP contribution < -0.4 is 9.47 Å². The lowest BCUT2D eigenvalue weighted by molar-refractivity contribution is -0.117. The Hall–Kier alpha value is -1.03. The number of unbranched alkanes of at least 4 members (excludes halogenated alkanes) is 1. The number of carbonyl (C=O) groups is 1. The van der Waals surface area contributed by atoms with E-state index in [0.717, 1.165) is 23.1 Å². The van der Waals surface area contributed by atoms with Gasteiger partial charge in [-0.2, -0.15) is 0 Å². The van der Waals surface area contributed by atoms with E-state index < -0.39 is 0 Å². The zero-order chi connectivity index (χ0) is 12.7. The molecule has 1 aromatic rings. The van der Waals surface area contributed by atoms with Gasteiger partial charge in [0, 0.05) is 6.42 Å². The lowest BCUT2D eigenvalue weighted by Crippen LogP contribution is -2.01. The highest BCUT2D eigenvalue weighted by Crippen LogP contribution is 2.34. The molecule has 0 aliphatic carbocycles. The summed E-state index contributed by atoms with van der Waals surface area (Å²) in [6.45, 7) is 2.20. The third kappa shape index (κ3) is 4.77. The van der Waals surface area contributed by atoms with E-state index >= 15 is 0 Å². The van der Waals surface area contributed by atoms with Crippen molar-refractivity contribution in [1.29, 1.82) is 0 Å². The van der Waals surface area contributed by atoms with Crippen LogP contribution in [0, 0.1) is 0 Å². The smallest absolute Gasteiger partial charge is 0.175 e. The Bertz CT molecular complexity index is 377. The molecule has 1 rings (SSSR count). The number of hydrogen-bond acceptors (Lipinski definition) is 3. The van der Waals surface area contributed by atoms with Crippen LogP contribution in [-0.2, 0) is 4.79 Å². The Kier molecular flexibility index (Phi) is 6.05. The van der Waals surface area contributed by atoms with Gasteiger partial charge in [-0.3, -0.25) is 0 Å². The van der Waals surface area contributed by atoms with Gasteiger partial charge < -0.3 is 14.3 Å². The summed E-state index contributed by atoms with van der Waals surface area (Å²) in [6.07, 6.45) is 2.35. The summed E-state index contributed by atoms with van der Waals surface area (Å²) in [6, 6.07) is 5.66. The fourth-order valence-corrected chi connectivity index (χ4v) is 1.90. The summed E-state index contributed by atoms with van der Waals surface area (Å²) in [4.78, 5) is 10.8. The third-order valence-corrected chi connectivity index (χ3v) is 2.94. The predicted molar refractivity (Wildman–Crippen MR) is 70.7 cm³/mol. The first-order valence-corrected chi connectivity index (χ1v) is 6.39. The van der Waals surface area contributed by atoms with Gasteiger partial charge in [0.05, 0.1) is 18.2 Å². The van der Waals surface area contributed by atoms with Crippen molar-refractivity contribution in [2.45, 2.75) is 26.2 Å². The van der Waals surface area contributed by atoms with Gasteiger partial charge in [0.25, 0.3) is 0 Å². The summed E-state index contributed by atoms with van der Waals surface area (Å²) in [5.41, 5.74) is 0. The average molecular weight is 301 g/mol. The van der Waals surface area contributed by atoms with E-state index in [4.69, 9.17) is 9.47 Å². The number of benzene rings is 1. The van der Waals surface area contributed by atoms with Crippen molar-refractivity contribution < 1.29 is 14.3 Å². The monoisotopic (exact) mass is 300 g/mol. The zero-order valence-electron chi connectivity index (χ0n) is 10.2. The Balaban J connectivity index is 2.43. The van der Waals surface area contributed by atoms with Crippen LogP contribution in [0.5, 0.6) is 11.5 Å². The molecule has 0 amide bonds. The molecule has 0 unspecified atom stereocenters. The summed E-state index contributed by atoms with van der Waals surface area (Å²) >= 11 is 3.42. The maximum absolute atomic E-state index is 10.8. The lowest BCUT2D eigenvalue weighted by atomic mass is 10.2. The summed E-state index contributed by atoms with van der Waals surface area (Å²) in [7, 11) is 1.62. The van der Waals surface area contributed by atoms with Crippen LogP contribution in [0.3, 0.4) is 0 Å². The minimum absolute atomic E-state index is 0.225. The van der Waals surface area contributed by atoms with E-state index in [9.17, 15) is 4.79 Å². The maximum atomic E-state index is 10.8. The quantitative estimate of drug-likeness (QED) is 0.722. The van der Waals surface area contributed by atoms with Gasteiger partial charge in [0.1, 0.15) is 5.78 Å². The first-order chi connectivity index (χ1) is 8.15. The van der Waals surface area contributed by atoms with E-state index in [1.54, 1.807) is 14.0 Å². The molecule has 0 saturated heterocycles. The first-order valence-electron chi connectivity index (χ1n) is 5.60. The second kappa shape index (κ2) is 7.33.